The maximum atomic E-state index is 11.6. The topological polar surface area (TPSA) is 116 Å². The van der Waals surface area contributed by atoms with Gasteiger partial charge >= 0.3 is 5.97 Å². The third-order valence-electron chi connectivity index (χ3n) is 9.14. The standard InChI is InChI=1S/C35H64O7/c1-3-4-20-31(37)32(38)22-23-33(39)34-24-21-30(42-34)19-17-15-13-11-9-7-5-6-8-10-12-14-16-18-29(36)26-28-25-27(2)41-35(28)40/h25,27,29-34,36-39H,3-24,26H2,1-2H3/t27-,29+,30?,31+,32+,33-,34?/m0/s1. The zero-order valence-electron chi connectivity index (χ0n) is 26.9. The van der Waals surface area contributed by atoms with Crippen LogP contribution in [0.4, 0.5) is 0 Å². The van der Waals surface area contributed by atoms with E-state index in [1.54, 1.807) is 0 Å². The molecule has 2 rings (SSSR count). The van der Waals surface area contributed by atoms with Crippen molar-refractivity contribution in [1.29, 1.82) is 0 Å². The Labute approximate surface area is 256 Å². The molecule has 7 heteroatoms. The first-order chi connectivity index (χ1) is 20.3. The normalized spacial score (nSPS) is 23.5. The highest BCUT2D eigenvalue weighted by Crippen LogP contribution is 2.28. The number of carbonyl (C=O) groups is 1. The molecule has 1 fully saturated rings. The van der Waals surface area contributed by atoms with Crippen LogP contribution >= 0.6 is 0 Å². The van der Waals surface area contributed by atoms with Crippen LogP contribution < -0.4 is 0 Å². The smallest absolute Gasteiger partial charge is 0.334 e. The van der Waals surface area contributed by atoms with Gasteiger partial charge in [0, 0.05) is 12.0 Å². The number of aliphatic hydroxyl groups excluding tert-OH is 4. The highest BCUT2D eigenvalue weighted by atomic mass is 16.5. The zero-order valence-corrected chi connectivity index (χ0v) is 26.9. The van der Waals surface area contributed by atoms with Crippen LogP contribution in [-0.2, 0) is 14.3 Å². The molecule has 0 aromatic heterocycles. The fraction of sp³-hybridized carbons (Fsp3) is 0.914. The van der Waals surface area contributed by atoms with E-state index >= 15 is 0 Å². The molecule has 4 N–H and O–H groups in total. The predicted octanol–water partition coefficient (Wildman–Crippen LogP) is 7.06. The Hall–Kier alpha value is -0.990. The molecule has 7 atom stereocenters. The first-order valence-electron chi connectivity index (χ1n) is 17.6. The molecule has 0 aromatic carbocycles. The second kappa shape index (κ2) is 22.5. The van der Waals surface area contributed by atoms with Gasteiger partial charge in [0.2, 0.25) is 0 Å². The van der Waals surface area contributed by atoms with Crippen molar-refractivity contribution < 1.29 is 34.7 Å². The summed E-state index contributed by atoms with van der Waals surface area (Å²) in [6.07, 6.45) is 23.3. The monoisotopic (exact) mass is 596 g/mol. The molecule has 7 nitrogen and oxygen atoms in total. The third-order valence-corrected chi connectivity index (χ3v) is 9.14. The molecule has 2 aliphatic rings. The number of carbonyl (C=O) groups excluding carboxylic acids is 1. The van der Waals surface area contributed by atoms with E-state index in [9.17, 15) is 25.2 Å². The molecule has 1 saturated heterocycles. The molecule has 42 heavy (non-hydrogen) atoms. The van der Waals surface area contributed by atoms with Gasteiger partial charge in [-0.05, 0) is 57.9 Å². The highest BCUT2D eigenvalue weighted by molar-refractivity contribution is 5.90. The SMILES string of the molecule is CCCC[C@@H](O)[C@H](O)CC[C@H](O)C1CCC(CCCCCCCCCCCCCCC[C@@H](O)CC2=C[C@H](C)OC2=O)O1. The first-order valence-corrected chi connectivity index (χ1v) is 17.6. The van der Waals surface area contributed by atoms with Crippen molar-refractivity contribution in [3.05, 3.63) is 11.6 Å². The maximum absolute atomic E-state index is 11.6. The van der Waals surface area contributed by atoms with Crippen LogP contribution in [0.25, 0.3) is 0 Å². The van der Waals surface area contributed by atoms with Crippen molar-refractivity contribution in [2.24, 2.45) is 0 Å². The van der Waals surface area contributed by atoms with Gasteiger partial charge in [0.05, 0.1) is 36.6 Å². The number of ether oxygens (including phenoxy) is 2. The maximum Gasteiger partial charge on any atom is 0.334 e. The molecule has 0 aromatic rings. The minimum atomic E-state index is -0.758. The largest absolute Gasteiger partial charge is 0.455 e. The summed E-state index contributed by atoms with van der Waals surface area (Å²) in [5.41, 5.74) is 0.629. The summed E-state index contributed by atoms with van der Waals surface area (Å²) in [5, 5.41) is 40.8. The van der Waals surface area contributed by atoms with Gasteiger partial charge in [-0.2, -0.15) is 0 Å². The Bertz CT molecular complexity index is 726. The van der Waals surface area contributed by atoms with E-state index in [1.807, 2.05) is 13.0 Å². The van der Waals surface area contributed by atoms with Crippen LogP contribution in [0.5, 0.6) is 0 Å². The summed E-state index contributed by atoms with van der Waals surface area (Å²) in [6, 6.07) is 0. The Kier molecular flexibility index (Phi) is 19.9. The number of hydrogen-bond acceptors (Lipinski definition) is 7. The molecular formula is C35H64O7. The first kappa shape index (κ1) is 37.2. The lowest BCUT2D eigenvalue weighted by Crippen LogP contribution is -2.31. The number of rotatable bonds is 26. The second-order valence-corrected chi connectivity index (χ2v) is 13.1. The van der Waals surface area contributed by atoms with Crippen LogP contribution in [0.3, 0.4) is 0 Å². The quantitative estimate of drug-likeness (QED) is 0.0624. The van der Waals surface area contributed by atoms with Gasteiger partial charge < -0.3 is 29.9 Å². The van der Waals surface area contributed by atoms with Crippen LogP contribution in [0.1, 0.15) is 162 Å². The van der Waals surface area contributed by atoms with E-state index in [2.05, 4.69) is 6.92 Å². The number of unbranched alkanes of at least 4 members (excludes halogenated alkanes) is 13. The average Bonchev–Trinajstić information content (AvgIpc) is 3.57. The fourth-order valence-electron chi connectivity index (χ4n) is 6.39. The van der Waals surface area contributed by atoms with Gasteiger partial charge in [0.15, 0.2) is 0 Å². The Balaban J connectivity index is 1.32. The van der Waals surface area contributed by atoms with Gasteiger partial charge in [0.25, 0.3) is 0 Å². The van der Waals surface area contributed by atoms with Gasteiger partial charge in [-0.25, -0.2) is 4.79 Å². The lowest BCUT2D eigenvalue weighted by Gasteiger charge is -2.22. The van der Waals surface area contributed by atoms with Crippen LogP contribution in [-0.4, -0.2) is 69.1 Å². The van der Waals surface area contributed by atoms with Crippen LogP contribution in [0, 0.1) is 0 Å². The lowest BCUT2D eigenvalue weighted by molar-refractivity contribution is -0.139. The number of aliphatic hydroxyl groups is 4. The number of esters is 1. The van der Waals surface area contributed by atoms with Crippen molar-refractivity contribution in [3.8, 4) is 0 Å². The van der Waals surface area contributed by atoms with E-state index in [1.165, 1.54) is 70.6 Å². The number of cyclic esters (lactones) is 1. The van der Waals surface area contributed by atoms with E-state index in [-0.39, 0.29) is 24.3 Å². The highest BCUT2D eigenvalue weighted by Gasteiger charge is 2.31. The van der Waals surface area contributed by atoms with Crippen molar-refractivity contribution in [1.82, 2.24) is 0 Å². The van der Waals surface area contributed by atoms with Crippen molar-refractivity contribution >= 4 is 5.97 Å². The fourth-order valence-corrected chi connectivity index (χ4v) is 6.39. The summed E-state index contributed by atoms with van der Waals surface area (Å²) >= 11 is 0. The molecule has 0 aliphatic carbocycles. The zero-order chi connectivity index (χ0) is 30.6. The van der Waals surface area contributed by atoms with E-state index in [0.717, 1.165) is 51.4 Å². The molecule has 2 unspecified atom stereocenters. The summed E-state index contributed by atoms with van der Waals surface area (Å²) in [4.78, 5) is 11.6. The molecular weight excluding hydrogens is 532 g/mol. The molecule has 0 saturated carbocycles. The molecule has 2 heterocycles. The van der Waals surface area contributed by atoms with Crippen molar-refractivity contribution in [2.75, 3.05) is 0 Å². The van der Waals surface area contributed by atoms with Crippen LogP contribution in [0.15, 0.2) is 11.6 Å². The Morgan fingerprint density at radius 1 is 0.738 bits per heavy atom. The number of hydrogen-bond donors (Lipinski definition) is 4. The average molecular weight is 597 g/mol. The minimum Gasteiger partial charge on any atom is -0.455 e. The molecule has 0 radical (unpaired) electrons. The van der Waals surface area contributed by atoms with Crippen molar-refractivity contribution in [3.63, 3.8) is 0 Å². The van der Waals surface area contributed by atoms with Crippen molar-refractivity contribution in [2.45, 2.75) is 204 Å². The van der Waals surface area contributed by atoms with E-state index < -0.39 is 24.4 Å². The van der Waals surface area contributed by atoms with E-state index in [0.29, 0.717) is 31.3 Å². The predicted molar refractivity (Wildman–Crippen MR) is 168 cm³/mol. The van der Waals surface area contributed by atoms with E-state index in [4.69, 9.17) is 9.47 Å². The Morgan fingerprint density at radius 2 is 1.31 bits per heavy atom. The van der Waals surface area contributed by atoms with Gasteiger partial charge in [-0.15, -0.1) is 0 Å². The second-order valence-electron chi connectivity index (χ2n) is 13.1. The van der Waals surface area contributed by atoms with Gasteiger partial charge in [-0.1, -0.05) is 103 Å². The van der Waals surface area contributed by atoms with Gasteiger partial charge in [0.1, 0.15) is 6.10 Å². The third kappa shape index (κ3) is 16.2. The minimum absolute atomic E-state index is 0.125. The molecule has 246 valence electrons. The summed E-state index contributed by atoms with van der Waals surface area (Å²) in [7, 11) is 0. The summed E-state index contributed by atoms with van der Waals surface area (Å²) < 4.78 is 11.2. The molecule has 2 aliphatic heterocycles. The summed E-state index contributed by atoms with van der Waals surface area (Å²) in [5.74, 6) is -0.270. The summed E-state index contributed by atoms with van der Waals surface area (Å²) in [6.45, 7) is 3.91. The molecule has 0 spiro atoms. The molecule has 0 bridgehead atoms. The lowest BCUT2D eigenvalue weighted by atomic mass is 9.98. The van der Waals surface area contributed by atoms with Crippen LogP contribution in [0.2, 0.25) is 0 Å². The molecule has 0 amide bonds. The van der Waals surface area contributed by atoms with Gasteiger partial charge in [-0.3, -0.25) is 0 Å². The Morgan fingerprint density at radius 3 is 1.88 bits per heavy atom.